The molecule has 6 nitrogen and oxygen atoms in total. The molecule has 0 saturated carbocycles. The molecule has 0 unspecified atom stereocenters. The van der Waals surface area contributed by atoms with Gasteiger partial charge in [-0.2, -0.15) is 0 Å². The van der Waals surface area contributed by atoms with Crippen LogP contribution < -0.4 is 16.0 Å². The van der Waals surface area contributed by atoms with Crippen molar-refractivity contribution in [1.29, 1.82) is 0 Å². The zero-order valence-electron chi connectivity index (χ0n) is 16.0. The van der Waals surface area contributed by atoms with E-state index in [1.165, 1.54) is 21.7 Å². The molecule has 1 spiro atoms. The predicted molar refractivity (Wildman–Crippen MR) is 109 cm³/mol. The Kier molecular flexibility index (Phi) is 4.92. The first-order valence-corrected chi connectivity index (χ1v) is 11.0. The highest BCUT2D eigenvalue weighted by Gasteiger charge is 2.41. The molecule has 0 bridgehead atoms. The smallest absolute Gasteiger partial charge is 0.261 e. The summed E-state index contributed by atoms with van der Waals surface area (Å²) in [6, 6.07) is 4.24. The molecule has 0 radical (unpaired) electrons. The first-order chi connectivity index (χ1) is 13.7. The SMILES string of the molecule is O=C(NCc1cnc2c(c1)CNCC2)c1cc2c(s1)C1(CCNCC1)OCC2. The molecule has 7 heteroatoms. The largest absolute Gasteiger partial charge is 0.369 e. The van der Waals surface area contributed by atoms with Crippen LogP contribution in [0.15, 0.2) is 18.3 Å². The molecule has 3 aliphatic heterocycles. The van der Waals surface area contributed by atoms with Crippen LogP contribution in [0, 0.1) is 0 Å². The number of rotatable bonds is 3. The number of amides is 1. The Morgan fingerprint density at radius 1 is 1.18 bits per heavy atom. The van der Waals surface area contributed by atoms with E-state index in [0.29, 0.717) is 6.54 Å². The van der Waals surface area contributed by atoms with Crippen LogP contribution in [0.25, 0.3) is 0 Å². The van der Waals surface area contributed by atoms with Crippen molar-refractivity contribution < 1.29 is 9.53 Å². The topological polar surface area (TPSA) is 75.3 Å². The minimum atomic E-state index is -0.183. The van der Waals surface area contributed by atoms with Crippen LogP contribution in [0.2, 0.25) is 0 Å². The molecule has 148 valence electrons. The minimum Gasteiger partial charge on any atom is -0.369 e. The summed E-state index contributed by atoms with van der Waals surface area (Å²) in [7, 11) is 0. The van der Waals surface area contributed by atoms with E-state index < -0.39 is 0 Å². The molecule has 3 N–H and O–H groups in total. The summed E-state index contributed by atoms with van der Waals surface area (Å²) in [5.74, 6) is -0.000620. The maximum Gasteiger partial charge on any atom is 0.261 e. The quantitative estimate of drug-likeness (QED) is 0.736. The van der Waals surface area contributed by atoms with Gasteiger partial charge < -0.3 is 20.7 Å². The molecule has 0 atom stereocenters. The Morgan fingerprint density at radius 2 is 2.07 bits per heavy atom. The van der Waals surface area contributed by atoms with Crippen LogP contribution >= 0.6 is 11.3 Å². The number of pyridine rings is 1. The molecule has 2 aromatic rings. The second kappa shape index (κ2) is 7.55. The summed E-state index contributed by atoms with van der Waals surface area (Å²) in [5.41, 5.74) is 4.58. The second-order valence-corrected chi connectivity index (χ2v) is 8.92. The first-order valence-electron chi connectivity index (χ1n) is 10.2. The number of ether oxygens (including phenoxy) is 1. The summed E-state index contributed by atoms with van der Waals surface area (Å²) in [6.07, 6.45) is 5.73. The zero-order chi connectivity index (χ0) is 19.0. The van der Waals surface area contributed by atoms with E-state index in [0.717, 1.165) is 68.9 Å². The van der Waals surface area contributed by atoms with E-state index >= 15 is 0 Å². The fourth-order valence-electron chi connectivity index (χ4n) is 4.50. The molecule has 5 heterocycles. The van der Waals surface area contributed by atoms with Crippen molar-refractivity contribution in [3.63, 3.8) is 0 Å². The van der Waals surface area contributed by atoms with Gasteiger partial charge in [-0.3, -0.25) is 9.78 Å². The fraction of sp³-hybridized carbons (Fsp3) is 0.524. The van der Waals surface area contributed by atoms with Crippen LogP contribution in [0.1, 0.15) is 49.8 Å². The first kappa shape index (κ1) is 18.2. The van der Waals surface area contributed by atoms with Gasteiger partial charge >= 0.3 is 0 Å². The summed E-state index contributed by atoms with van der Waals surface area (Å²) >= 11 is 1.62. The maximum absolute atomic E-state index is 12.8. The molecule has 1 saturated heterocycles. The lowest BCUT2D eigenvalue weighted by atomic mass is 9.86. The van der Waals surface area contributed by atoms with Crippen molar-refractivity contribution in [3.8, 4) is 0 Å². The summed E-state index contributed by atoms with van der Waals surface area (Å²) in [6.45, 7) is 5.05. The molecule has 0 aromatic carbocycles. The van der Waals surface area contributed by atoms with E-state index in [1.807, 2.05) is 6.20 Å². The molecule has 2 aromatic heterocycles. The van der Waals surface area contributed by atoms with Crippen molar-refractivity contribution >= 4 is 17.2 Å². The Morgan fingerprint density at radius 3 is 2.96 bits per heavy atom. The van der Waals surface area contributed by atoms with Gasteiger partial charge in [0.2, 0.25) is 0 Å². The Bertz CT molecular complexity index is 889. The predicted octanol–water partition coefficient (Wildman–Crippen LogP) is 1.87. The normalized spacial score (nSPS) is 20.4. The highest BCUT2D eigenvalue weighted by Crippen LogP contribution is 2.44. The maximum atomic E-state index is 12.8. The number of aromatic nitrogens is 1. The average molecular weight is 399 g/mol. The molecule has 1 fully saturated rings. The van der Waals surface area contributed by atoms with E-state index in [9.17, 15) is 4.79 Å². The van der Waals surface area contributed by atoms with Gasteiger partial charge in [-0.25, -0.2) is 0 Å². The third-order valence-electron chi connectivity index (χ3n) is 6.03. The van der Waals surface area contributed by atoms with Gasteiger partial charge in [0.25, 0.3) is 5.91 Å². The number of thiophene rings is 1. The number of hydrogen-bond acceptors (Lipinski definition) is 6. The van der Waals surface area contributed by atoms with Gasteiger partial charge in [0.05, 0.1) is 11.5 Å². The number of hydrogen-bond donors (Lipinski definition) is 3. The van der Waals surface area contributed by atoms with Crippen LogP contribution in [-0.4, -0.2) is 37.1 Å². The zero-order valence-corrected chi connectivity index (χ0v) is 16.8. The number of carbonyl (C=O) groups excluding carboxylic acids is 1. The number of piperidine rings is 1. The standard InChI is InChI=1S/C21H26N4O2S/c26-20(25-12-14-9-16-13-23-5-1-17(16)24-11-14)18-10-15-2-8-27-21(19(15)28-18)3-6-22-7-4-21/h9-11,22-23H,1-8,12-13H2,(H,25,26). The third kappa shape index (κ3) is 3.37. The monoisotopic (exact) mass is 398 g/mol. The number of nitrogens with one attached hydrogen (secondary N) is 3. The fourth-order valence-corrected chi connectivity index (χ4v) is 5.83. The van der Waals surface area contributed by atoms with E-state index in [4.69, 9.17) is 4.74 Å². The summed E-state index contributed by atoms with van der Waals surface area (Å²) in [5, 5.41) is 9.87. The van der Waals surface area contributed by atoms with E-state index in [1.54, 1.807) is 11.3 Å². The molecule has 0 aliphatic carbocycles. The van der Waals surface area contributed by atoms with Crippen molar-refractivity contribution in [1.82, 2.24) is 20.9 Å². The number of fused-ring (bicyclic) bond motifs is 3. The van der Waals surface area contributed by atoms with Crippen molar-refractivity contribution in [2.75, 3.05) is 26.2 Å². The molecular formula is C21H26N4O2S. The molecular weight excluding hydrogens is 372 g/mol. The third-order valence-corrected chi connectivity index (χ3v) is 7.39. The van der Waals surface area contributed by atoms with Gasteiger partial charge in [-0.15, -0.1) is 11.3 Å². The van der Waals surface area contributed by atoms with Gasteiger partial charge in [-0.05, 0) is 61.2 Å². The Balaban J connectivity index is 1.30. The summed E-state index contributed by atoms with van der Waals surface area (Å²) < 4.78 is 6.23. The Labute approximate surface area is 169 Å². The molecule has 3 aliphatic rings. The highest BCUT2D eigenvalue weighted by molar-refractivity contribution is 7.14. The highest BCUT2D eigenvalue weighted by atomic mass is 32.1. The number of carbonyl (C=O) groups is 1. The van der Waals surface area contributed by atoms with Gasteiger partial charge in [0.1, 0.15) is 5.60 Å². The minimum absolute atomic E-state index is 0.000620. The molecule has 1 amide bonds. The van der Waals surface area contributed by atoms with E-state index in [-0.39, 0.29) is 11.5 Å². The van der Waals surface area contributed by atoms with Crippen LogP contribution in [0.3, 0.4) is 0 Å². The van der Waals surface area contributed by atoms with Crippen LogP contribution in [0.5, 0.6) is 0 Å². The van der Waals surface area contributed by atoms with Gasteiger partial charge in [-0.1, -0.05) is 0 Å². The molecule has 28 heavy (non-hydrogen) atoms. The van der Waals surface area contributed by atoms with E-state index in [2.05, 4.69) is 33.1 Å². The van der Waals surface area contributed by atoms with Gasteiger partial charge in [0, 0.05) is 42.8 Å². The molecule has 5 rings (SSSR count). The van der Waals surface area contributed by atoms with Crippen molar-refractivity contribution in [2.24, 2.45) is 0 Å². The lowest BCUT2D eigenvalue weighted by Crippen LogP contribution is -2.43. The van der Waals surface area contributed by atoms with Gasteiger partial charge in [0.15, 0.2) is 0 Å². The number of nitrogens with zero attached hydrogens (tertiary/aromatic N) is 1. The lowest BCUT2D eigenvalue weighted by Gasteiger charge is -2.40. The second-order valence-electron chi connectivity index (χ2n) is 7.87. The average Bonchev–Trinajstić information content (AvgIpc) is 3.19. The Hall–Kier alpha value is -1.80. The van der Waals surface area contributed by atoms with Crippen LogP contribution in [0.4, 0.5) is 0 Å². The lowest BCUT2D eigenvalue weighted by molar-refractivity contribution is -0.0771. The van der Waals surface area contributed by atoms with Crippen molar-refractivity contribution in [3.05, 3.63) is 50.5 Å². The van der Waals surface area contributed by atoms with Crippen molar-refractivity contribution in [2.45, 2.75) is 44.4 Å². The van der Waals surface area contributed by atoms with Crippen LogP contribution in [-0.2, 0) is 36.3 Å². The summed E-state index contributed by atoms with van der Waals surface area (Å²) in [4.78, 5) is 19.4.